The van der Waals surface area contributed by atoms with Crippen LogP contribution in [-0.4, -0.2) is 49.8 Å². The van der Waals surface area contributed by atoms with Gasteiger partial charge in [-0.15, -0.1) is 0 Å². The van der Waals surface area contributed by atoms with Gasteiger partial charge in [-0.2, -0.15) is 13.2 Å². The van der Waals surface area contributed by atoms with Gasteiger partial charge in [-0.1, -0.05) is 25.1 Å². The molecule has 3 N–H and O–H groups in total. The number of para-hydroxylation sites is 1. The maximum atomic E-state index is 13.8. The van der Waals surface area contributed by atoms with E-state index < -0.39 is 17.6 Å². The van der Waals surface area contributed by atoms with E-state index in [0.29, 0.717) is 12.5 Å². The highest BCUT2D eigenvalue weighted by atomic mass is 19.4. The number of nitrogens with one attached hydrogen (secondary N) is 1. The molecule has 1 saturated heterocycles. The van der Waals surface area contributed by atoms with Gasteiger partial charge in [0.1, 0.15) is 5.75 Å². The Balaban J connectivity index is 2.14. The summed E-state index contributed by atoms with van der Waals surface area (Å²) in [6.45, 7) is 6.34. The van der Waals surface area contributed by atoms with Crippen LogP contribution in [0.15, 0.2) is 24.3 Å². The van der Waals surface area contributed by atoms with Crippen LogP contribution in [0.25, 0.3) is 0 Å². The Hall–Kier alpha value is -1.80. The molecule has 0 aromatic heterocycles. The van der Waals surface area contributed by atoms with Crippen LogP contribution in [0, 0.1) is 5.92 Å². The fourth-order valence-electron chi connectivity index (χ4n) is 3.43. The third-order valence-electron chi connectivity index (χ3n) is 4.87. The Bertz CT molecular complexity index is 639. The molecule has 0 aliphatic carbocycles. The van der Waals surface area contributed by atoms with Crippen LogP contribution in [0.5, 0.6) is 5.75 Å². The number of likely N-dealkylation sites (tertiary alicyclic amines) is 1. The van der Waals surface area contributed by atoms with Crippen molar-refractivity contribution in [1.82, 2.24) is 10.2 Å². The van der Waals surface area contributed by atoms with Gasteiger partial charge in [0, 0.05) is 25.2 Å². The lowest BCUT2D eigenvalue weighted by atomic mass is 9.88. The van der Waals surface area contributed by atoms with Gasteiger partial charge in [0.05, 0.1) is 6.61 Å². The minimum absolute atomic E-state index is 0.0418. The Morgan fingerprint density at radius 3 is 2.70 bits per heavy atom. The molecule has 0 saturated carbocycles. The Kier molecular flexibility index (Phi) is 7.11. The number of rotatable bonds is 7. The van der Waals surface area contributed by atoms with Gasteiger partial charge in [0.15, 0.2) is 0 Å². The molecule has 2 atom stereocenters. The minimum atomic E-state index is -4.97. The second-order valence-corrected chi connectivity index (χ2v) is 7.04. The van der Waals surface area contributed by atoms with Gasteiger partial charge < -0.3 is 20.7 Å². The highest BCUT2D eigenvalue weighted by Gasteiger charge is 2.60. The molecule has 5 nitrogen and oxygen atoms in total. The third kappa shape index (κ3) is 4.93. The first kappa shape index (κ1) is 21.5. The van der Waals surface area contributed by atoms with E-state index in [1.165, 1.54) is 18.2 Å². The molecule has 0 radical (unpaired) electrons. The number of nitrogens with two attached hydrogens (primary N) is 1. The molecule has 27 heavy (non-hydrogen) atoms. The number of nitrogens with zero attached hydrogens (tertiary/aromatic N) is 1. The van der Waals surface area contributed by atoms with Crippen molar-refractivity contribution in [2.24, 2.45) is 11.7 Å². The topological polar surface area (TPSA) is 67.6 Å². The smallest absolute Gasteiger partial charge is 0.419 e. The SMILES string of the molecule is CCOc1ccccc1[C@@](N)(C(=O)NCCN1CCC[C@@H](C)C1)C(F)(F)F. The Morgan fingerprint density at radius 2 is 2.07 bits per heavy atom. The van der Waals surface area contributed by atoms with Crippen molar-refractivity contribution in [3.63, 3.8) is 0 Å². The summed E-state index contributed by atoms with van der Waals surface area (Å²) in [6.07, 6.45) is -2.76. The van der Waals surface area contributed by atoms with Crippen LogP contribution in [0.1, 0.15) is 32.3 Å². The van der Waals surface area contributed by atoms with E-state index in [9.17, 15) is 18.0 Å². The second kappa shape index (κ2) is 8.93. The fraction of sp³-hybridized carbons (Fsp3) is 0.632. The summed E-state index contributed by atoms with van der Waals surface area (Å²) in [5, 5.41) is 2.38. The van der Waals surface area contributed by atoms with Gasteiger partial charge in [-0.25, -0.2) is 0 Å². The number of amides is 1. The van der Waals surface area contributed by atoms with Crippen LogP contribution in [-0.2, 0) is 10.3 Å². The van der Waals surface area contributed by atoms with Crippen LogP contribution >= 0.6 is 0 Å². The molecule has 2 rings (SSSR count). The van der Waals surface area contributed by atoms with Gasteiger partial charge in [-0.3, -0.25) is 4.79 Å². The van der Waals surface area contributed by atoms with Crippen molar-refractivity contribution in [1.29, 1.82) is 0 Å². The molecular weight excluding hydrogens is 359 g/mol. The van der Waals surface area contributed by atoms with E-state index >= 15 is 0 Å². The molecule has 1 aromatic rings. The number of hydrogen-bond acceptors (Lipinski definition) is 4. The first-order chi connectivity index (χ1) is 12.7. The van der Waals surface area contributed by atoms with Crippen molar-refractivity contribution >= 4 is 5.91 Å². The molecule has 0 spiro atoms. The number of carbonyl (C=O) groups excluding carboxylic acids is 1. The summed E-state index contributed by atoms with van der Waals surface area (Å²) in [5.41, 5.74) is 2.12. The Morgan fingerprint density at radius 1 is 1.37 bits per heavy atom. The first-order valence-electron chi connectivity index (χ1n) is 9.28. The van der Waals surface area contributed by atoms with Crippen molar-refractivity contribution < 1.29 is 22.7 Å². The second-order valence-electron chi connectivity index (χ2n) is 7.04. The average molecular weight is 387 g/mol. The molecule has 1 aliphatic rings. The molecule has 1 heterocycles. The van der Waals surface area contributed by atoms with Crippen LogP contribution in [0.4, 0.5) is 13.2 Å². The standard InChI is InChI=1S/C19H28F3N3O2/c1-3-27-16-9-5-4-8-15(16)18(23,19(20,21)22)17(26)24-10-12-25-11-6-7-14(2)13-25/h4-5,8-9,14H,3,6-7,10-13,23H2,1-2H3,(H,24,26)/t14-,18-/m1/s1. The number of hydrogen-bond donors (Lipinski definition) is 2. The van der Waals surface area contributed by atoms with Crippen molar-refractivity contribution in [2.75, 3.05) is 32.8 Å². The first-order valence-corrected chi connectivity index (χ1v) is 9.28. The predicted molar refractivity (Wildman–Crippen MR) is 97.4 cm³/mol. The van der Waals surface area contributed by atoms with Crippen molar-refractivity contribution in [2.45, 2.75) is 38.4 Å². The summed E-state index contributed by atoms with van der Waals surface area (Å²) >= 11 is 0. The van der Waals surface area contributed by atoms with Gasteiger partial charge >= 0.3 is 6.18 Å². The zero-order valence-electron chi connectivity index (χ0n) is 15.8. The molecule has 1 fully saturated rings. The molecule has 152 valence electrons. The molecule has 0 unspecified atom stereocenters. The highest BCUT2D eigenvalue weighted by Crippen LogP contribution is 2.41. The van der Waals surface area contributed by atoms with Crippen LogP contribution < -0.4 is 15.8 Å². The van der Waals surface area contributed by atoms with Gasteiger partial charge in [0.2, 0.25) is 5.54 Å². The number of benzene rings is 1. The lowest BCUT2D eigenvalue weighted by molar-refractivity contribution is -0.194. The molecule has 1 amide bonds. The minimum Gasteiger partial charge on any atom is -0.494 e. The summed E-state index contributed by atoms with van der Waals surface area (Å²) < 4.78 is 46.8. The van der Waals surface area contributed by atoms with Gasteiger partial charge in [0.25, 0.3) is 5.91 Å². The van der Waals surface area contributed by atoms with E-state index in [4.69, 9.17) is 10.5 Å². The largest absolute Gasteiger partial charge is 0.494 e. The average Bonchev–Trinajstić information content (AvgIpc) is 2.61. The quantitative estimate of drug-likeness (QED) is 0.755. The maximum absolute atomic E-state index is 13.8. The van der Waals surface area contributed by atoms with E-state index in [1.807, 2.05) is 0 Å². The number of halogens is 3. The summed E-state index contributed by atoms with van der Waals surface area (Å²) in [6, 6.07) is 5.52. The highest BCUT2D eigenvalue weighted by molar-refractivity contribution is 5.89. The number of ether oxygens (including phenoxy) is 1. The van der Waals surface area contributed by atoms with Gasteiger partial charge in [-0.05, 0) is 38.3 Å². The van der Waals surface area contributed by atoms with Crippen molar-refractivity contribution in [3.05, 3.63) is 29.8 Å². The van der Waals surface area contributed by atoms with Crippen molar-refractivity contribution in [3.8, 4) is 5.75 Å². The maximum Gasteiger partial charge on any atom is 0.419 e. The summed E-state index contributed by atoms with van der Waals surface area (Å²) in [5.74, 6) is -0.761. The molecule has 1 aromatic carbocycles. The van der Waals surface area contributed by atoms with E-state index in [2.05, 4.69) is 17.1 Å². The van der Waals surface area contributed by atoms with Crippen LogP contribution in [0.3, 0.4) is 0 Å². The van der Waals surface area contributed by atoms with E-state index in [1.54, 1.807) is 13.0 Å². The van der Waals surface area contributed by atoms with Crippen LogP contribution in [0.2, 0.25) is 0 Å². The molecule has 1 aliphatic heterocycles. The molecular formula is C19H28F3N3O2. The van der Waals surface area contributed by atoms with E-state index in [0.717, 1.165) is 25.9 Å². The lowest BCUT2D eigenvalue weighted by Gasteiger charge is -2.33. The lowest BCUT2D eigenvalue weighted by Crippen LogP contribution is -2.61. The fourth-order valence-corrected chi connectivity index (χ4v) is 3.43. The molecule has 0 bridgehead atoms. The summed E-state index contributed by atoms with van der Waals surface area (Å²) in [4.78, 5) is 14.7. The third-order valence-corrected chi connectivity index (χ3v) is 4.87. The summed E-state index contributed by atoms with van der Waals surface area (Å²) in [7, 11) is 0. The number of alkyl halides is 3. The molecule has 8 heteroatoms. The monoisotopic (exact) mass is 387 g/mol. The Labute approximate surface area is 158 Å². The zero-order chi connectivity index (χ0) is 20.1. The predicted octanol–water partition coefficient (Wildman–Crippen LogP) is 2.65. The van der Waals surface area contributed by atoms with E-state index in [-0.39, 0.29) is 24.5 Å². The number of piperidine rings is 1. The number of carbonyl (C=O) groups is 1. The zero-order valence-corrected chi connectivity index (χ0v) is 15.8. The normalized spacial score (nSPS) is 20.7.